The minimum absolute atomic E-state index is 0.0544. The van der Waals surface area contributed by atoms with Gasteiger partial charge in [-0.1, -0.05) is 24.9 Å². The molecule has 34 heavy (non-hydrogen) atoms. The van der Waals surface area contributed by atoms with Crippen molar-refractivity contribution in [2.45, 2.75) is 32.6 Å². The standard InChI is InChI=1S/C23H31ClN6O3S/c1-3-13-34(31,32)28-17-7-8-19(21(14-17)33-2)30-20-15-22(24)26-16-18(20)23(27-30)25-9-12-29-10-5-4-6-11-29/h7-8,14-16,28H,3-6,9-13H2,1-2H3,(H,25,27). The van der Waals surface area contributed by atoms with Gasteiger partial charge in [0.25, 0.3) is 0 Å². The van der Waals surface area contributed by atoms with Crippen molar-refractivity contribution in [1.82, 2.24) is 19.7 Å². The third-order valence-corrected chi connectivity index (χ3v) is 7.55. The maximum absolute atomic E-state index is 12.2. The van der Waals surface area contributed by atoms with Gasteiger partial charge in [-0.15, -0.1) is 5.10 Å². The number of fused-ring (bicyclic) bond motifs is 1. The van der Waals surface area contributed by atoms with Gasteiger partial charge in [0.05, 0.1) is 29.5 Å². The van der Waals surface area contributed by atoms with E-state index in [1.807, 2.05) is 6.92 Å². The van der Waals surface area contributed by atoms with E-state index in [9.17, 15) is 8.42 Å². The smallest absolute Gasteiger partial charge is 0.232 e. The number of nitrogens with one attached hydrogen (secondary N) is 2. The number of methoxy groups -OCH3 is 1. The monoisotopic (exact) mass is 506 g/mol. The predicted octanol–water partition coefficient (Wildman–Crippen LogP) is 4.13. The molecule has 1 fully saturated rings. The van der Waals surface area contributed by atoms with E-state index in [-0.39, 0.29) is 5.75 Å². The number of halogens is 1. The number of anilines is 2. The maximum Gasteiger partial charge on any atom is 0.232 e. The van der Waals surface area contributed by atoms with Crippen LogP contribution in [0.3, 0.4) is 0 Å². The van der Waals surface area contributed by atoms with Crippen molar-refractivity contribution >= 4 is 44.0 Å². The molecule has 11 heteroatoms. The van der Waals surface area contributed by atoms with Gasteiger partial charge < -0.3 is 15.0 Å². The Morgan fingerprint density at radius 1 is 1.18 bits per heavy atom. The summed E-state index contributed by atoms with van der Waals surface area (Å²) in [6, 6.07) is 6.89. The summed E-state index contributed by atoms with van der Waals surface area (Å²) >= 11 is 6.21. The van der Waals surface area contributed by atoms with Crippen LogP contribution in [0.2, 0.25) is 5.15 Å². The second-order valence-corrected chi connectivity index (χ2v) is 10.7. The molecule has 3 heterocycles. The first-order valence-corrected chi connectivity index (χ1v) is 13.6. The van der Waals surface area contributed by atoms with Crippen LogP contribution in [-0.2, 0) is 10.0 Å². The first-order valence-electron chi connectivity index (χ1n) is 11.6. The molecule has 0 amide bonds. The van der Waals surface area contributed by atoms with Crippen LogP contribution >= 0.6 is 11.6 Å². The Balaban J connectivity index is 1.63. The summed E-state index contributed by atoms with van der Waals surface area (Å²) in [5.74, 6) is 1.25. The van der Waals surface area contributed by atoms with Crippen LogP contribution in [0.15, 0.2) is 30.5 Å². The Morgan fingerprint density at radius 3 is 2.71 bits per heavy atom. The first kappa shape index (κ1) is 24.6. The lowest BCUT2D eigenvalue weighted by Crippen LogP contribution is -2.33. The van der Waals surface area contributed by atoms with Crippen molar-refractivity contribution in [3.63, 3.8) is 0 Å². The Hall–Kier alpha value is -2.56. The molecule has 2 aromatic heterocycles. The highest BCUT2D eigenvalue weighted by Gasteiger charge is 2.18. The van der Waals surface area contributed by atoms with E-state index >= 15 is 0 Å². The molecule has 3 aromatic rings. The van der Waals surface area contributed by atoms with Gasteiger partial charge in [-0.3, -0.25) is 4.72 Å². The third kappa shape index (κ3) is 5.73. The van der Waals surface area contributed by atoms with E-state index in [0.29, 0.717) is 34.5 Å². The maximum atomic E-state index is 12.2. The van der Waals surface area contributed by atoms with E-state index in [4.69, 9.17) is 21.4 Å². The molecule has 0 saturated carbocycles. The second kappa shape index (κ2) is 10.8. The number of benzene rings is 1. The van der Waals surface area contributed by atoms with E-state index in [0.717, 1.165) is 37.1 Å². The average molecular weight is 507 g/mol. The number of pyridine rings is 1. The number of sulfonamides is 1. The largest absolute Gasteiger partial charge is 0.494 e. The SMILES string of the molecule is CCCS(=O)(=O)Nc1ccc(-n2nc(NCCN3CCCCC3)c3cnc(Cl)cc32)c(OC)c1. The van der Waals surface area contributed by atoms with Crippen LogP contribution in [0.4, 0.5) is 11.5 Å². The topological polar surface area (TPSA) is 101 Å². The average Bonchev–Trinajstić information content (AvgIpc) is 3.16. The van der Waals surface area contributed by atoms with Gasteiger partial charge in [-0.2, -0.15) is 0 Å². The molecule has 0 aliphatic carbocycles. The van der Waals surface area contributed by atoms with Gasteiger partial charge in [0, 0.05) is 31.4 Å². The first-order chi connectivity index (χ1) is 16.4. The lowest BCUT2D eigenvalue weighted by Gasteiger charge is -2.26. The summed E-state index contributed by atoms with van der Waals surface area (Å²) in [5, 5.41) is 9.45. The zero-order chi connectivity index (χ0) is 24.1. The molecule has 0 spiro atoms. The van der Waals surface area contributed by atoms with Crippen molar-refractivity contribution in [3.8, 4) is 11.4 Å². The normalized spacial score (nSPS) is 14.9. The van der Waals surface area contributed by atoms with Crippen LogP contribution in [0.5, 0.6) is 5.75 Å². The van der Waals surface area contributed by atoms with Gasteiger partial charge in [0.2, 0.25) is 10.0 Å². The molecule has 1 saturated heterocycles. The Bertz CT molecular complexity index is 1240. The highest BCUT2D eigenvalue weighted by Crippen LogP contribution is 2.33. The van der Waals surface area contributed by atoms with Crippen LogP contribution in [-0.4, -0.2) is 67.1 Å². The van der Waals surface area contributed by atoms with E-state index in [1.165, 1.54) is 19.3 Å². The summed E-state index contributed by atoms with van der Waals surface area (Å²) in [7, 11) is -1.87. The van der Waals surface area contributed by atoms with Crippen LogP contribution in [0, 0.1) is 0 Å². The number of piperidine rings is 1. The van der Waals surface area contributed by atoms with Crippen molar-refractivity contribution in [2.24, 2.45) is 0 Å². The Kier molecular flexibility index (Phi) is 7.80. The predicted molar refractivity (Wildman–Crippen MR) is 137 cm³/mol. The number of hydrogen-bond acceptors (Lipinski definition) is 7. The lowest BCUT2D eigenvalue weighted by atomic mass is 10.1. The molecular weight excluding hydrogens is 476 g/mol. The molecule has 2 N–H and O–H groups in total. The van der Waals surface area contributed by atoms with Gasteiger partial charge in [0.15, 0.2) is 5.82 Å². The van der Waals surface area contributed by atoms with E-state index in [1.54, 1.807) is 42.3 Å². The number of likely N-dealkylation sites (tertiary alicyclic amines) is 1. The summed E-state index contributed by atoms with van der Waals surface area (Å²) in [6.07, 6.45) is 6.07. The molecule has 1 aliphatic rings. The molecule has 1 aromatic carbocycles. The van der Waals surface area contributed by atoms with Crippen molar-refractivity contribution in [2.75, 3.05) is 49.1 Å². The molecule has 184 valence electrons. The van der Waals surface area contributed by atoms with Gasteiger partial charge in [-0.05, 0) is 44.5 Å². The minimum atomic E-state index is -3.41. The summed E-state index contributed by atoms with van der Waals surface area (Å²) in [4.78, 5) is 6.71. The number of ether oxygens (including phenoxy) is 1. The zero-order valence-electron chi connectivity index (χ0n) is 19.6. The summed E-state index contributed by atoms with van der Waals surface area (Å²) in [6.45, 7) is 5.82. The summed E-state index contributed by atoms with van der Waals surface area (Å²) in [5.41, 5.74) is 1.88. The second-order valence-electron chi connectivity index (χ2n) is 8.42. The van der Waals surface area contributed by atoms with Crippen LogP contribution < -0.4 is 14.8 Å². The van der Waals surface area contributed by atoms with Crippen molar-refractivity contribution in [1.29, 1.82) is 0 Å². The molecule has 0 atom stereocenters. The van der Waals surface area contributed by atoms with Gasteiger partial charge >= 0.3 is 0 Å². The third-order valence-electron chi connectivity index (χ3n) is 5.86. The molecule has 9 nitrogen and oxygen atoms in total. The molecular formula is C23H31ClN6O3S. The molecule has 0 bridgehead atoms. The fraction of sp³-hybridized carbons (Fsp3) is 0.478. The molecule has 1 aliphatic heterocycles. The minimum Gasteiger partial charge on any atom is -0.494 e. The Morgan fingerprint density at radius 2 is 1.97 bits per heavy atom. The Labute approximate surface area is 205 Å². The molecule has 0 unspecified atom stereocenters. The zero-order valence-corrected chi connectivity index (χ0v) is 21.1. The molecule has 0 radical (unpaired) electrons. The number of nitrogens with zero attached hydrogens (tertiary/aromatic N) is 4. The highest BCUT2D eigenvalue weighted by molar-refractivity contribution is 7.92. The highest BCUT2D eigenvalue weighted by atomic mass is 35.5. The van der Waals surface area contributed by atoms with Crippen molar-refractivity contribution in [3.05, 3.63) is 35.6 Å². The van der Waals surface area contributed by atoms with Gasteiger partial charge in [-0.25, -0.2) is 18.1 Å². The number of aromatic nitrogens is 3. The van der Waals surface area contributed by atoms with Crippen molar-refractivity contribution < 1.29 is 13.2 Å². The quantitative estimate of drug-likeness (QED) is 0.398. The number of rotatable bonds is 10. The fourth-order valence-electron chi connectivity index (χ4n) is 4.23. The fourth-order valence-corrected chi connectivity index (χ4v) is 5.51. The van der Waals surface area contributed by atoms with Crippen LogP contribution in [0.1, 0.15) is 32.6 Å². The van der Waals surface area contributed by atoms with E-state index in [2.05, 4.69) is 19.9 Å². The molecule has 4 rings (SSSR count). The van der Waals surface area contributed by atoms with Gasteiger partial charge in [0.1, 0.15) is 16.6 Å². The van der Waals surface area contributed by atoms with Crippen LogP contribution in [0.25, 0.3) is 16.6 Å². The number of hydrogen-bond donors (Lipinski definition) is 2. The summed E-state index contributed by atoms with van der Waals surface area (Å²) < 4.78 is 34.3. The lowest BCUT2D eigenvalue weighted by molar-refractivity contribution is 0.237. The van der Waals surface area contributed by atoms with E-state index < -0.39 is 10.0 Å².